The van der Waals surface area contributed by atoms with E-state index in [0.717, 1.165) is 0 Å². The summed E-state index contributed by atoms with van der Waals surface area (Å²) >= 11 is 11.8. The van der Waals surface area contributed by atoms with Gasteiger partial charge in [-0.15, -0.1) is 0 Å². The molecule has 0 aliphatic heterocycles. The number of halogens is 2. The molecule has 18 heavy (non-hydrogen) atoms. The third-order valence-electron chi connectivity index (χ3n) is 2.53. The summed E-state index contributed by atoms with van der Waals surface area (Å²) in [6, 6.07) is 3.16. The molecule has 0 aromatic heterocycles. The number of rotatable bonds is 7. The summed E-state index contributed by atoms with van der Waals surface area (Å²) < 4.78 is 5.00. The van der Waals surface area contributed by atoms with Gasteiger partial charge in [-0.3, -0.25) is 4.90 Å². The van der Waals surface area contributed by atoms with Crippen molar-refractivity contribution in [2.24, 2.45) is 0 Å². The Hall–Kier alpha value is -0.520. The number of nitrogens with zero attached hydrogens (tertiary/aromatic N) is 1. The van der Waals surface area contributed by atoms with Crippen molar-refractivity contribution < 1.29 is 14.9 Å². The molecule has 0 bridgehead atoms. The third-order valence-corrected chi connectivity index (χ3v) is 3.04. The Kier molecular flexibility index (Phi) is 6.75. The van der Waals surface area contributed by atoms with Crippen molar-refractivity contribution in [2.75, 3.05) is 33.4 Å². The Balaban J connectivity index is 2.79. The molecule has 0 saturated heterocycles. The lowest BCUT2D eigenvalue weighted by Crippen LogP contribution is -2.29. The van der Waals surface area contributed by atoms with Gasteiger partial charge in [0.05, 0.1) is 18.2 Å². The van der Waals surface area contributed by atoms with Crippen LogP contribution >= 0.6 is 23.2 Å². The van der Waals surface area contributed by atoms with Crippen LogP contribution in [0.2, 0.25) is 10.0 Å². The van der Waals surface area contributed by atoms with Crippen molar-refractivity contribution in [3.05, 3.63) is 27.7 Å². The summed E-state index contributed by atoms with van der Waals surface area (Å²) in [5, 5.41) is 19.6. The van der Waals surface area contributed by atoms with Crippen LogP contribution in [-0.2, 0) is 11.3 Å². The third kappa shape index (κ3) is 4.63. The summed E-state index contributed by atoms with van der Waals surface area (Å²) in [4.78, 5) is 1.95. The Morgan fingerprint density at radius 2 is 2.00 bits per heavy atom. The highest BCUT2D eigenvalue weighted by atomic mass is 35.5. The van der Waals surface area contributed by atoms with E-state index in [0.29, 0.717) is 36.8 Å². The van der Waals surface area contributed by atoms with E-state index in [-0.39, 0.29) is 17.4 Å². The predicted molar refractivity (Wildman–Crippen MR) is 72.4 cm³/mol. The monoisotopic (exact) mass is 293 g/mol. The molecule has 102 valence electrons. The number of hydrogen-bond donors (Lipinski definition) is 2. The molecular formula is C12H17Cl2NO3. The van der Waals surface area contributed by atoms with Crippen LogP contribution in [0.1, 0.15) is 5.56 Å². The SMILES string of the molecule is COCCN(CCO)Cc1cc(Cl)cc(Cl)c1O. The zero-order valence-corrected chi connectivity index (χ0v) is 11.7. The molecule has 1 aromatic carbocycles. The minimum Gasteiger partial charge on any atom is -0.506 e. The average Bonchev–Trinajstić information content (AvgIpc) is 2.32. The van der Waals surface area contributed by atoms with Crippen molar-refractivity contribution in [3.8, 4) is 5.75 Å². The first-order chi connectivity index (χ1) is 8.58. The molecule has 2 N–H and O–H groups in total. The van der Waals surface area contributed by atoms with Gasteiger partial charge in [0, 0.05) is 37.3 Å². The fourth-order valence-electron chi connectivity index (χ4n) is 1.61. The zero-order chi connectivity index (χ0) is 13.5. The maximum Gasteiger partial charge on any atom is 0.138 e. The van der Waals surface area contributed by atoms with E-state index >= 15 is 0 Å². The molecule has 0 unspecified atom stereocenters. The fourth-order valence-corrected chi connectivity index (χ4v) is 2.15. The molecule has 4 nitrogen and oxygen atoms in total. The normalized spacial score (nSPS) is 11.2. The van der Waals surface area contributed by atoms with E-state index < -0.39 is 0 Å². The standard InChI is InChI=1S/C12H17Cl2NO3/c1-18-5-3-15(2-4-16)8-9-6-10(13)7-11(14)12(9)17/h6-7,16-17H,2-5,8H2,1H3. The Bertz CT molecular complexity index is 388. The fraction of sp³-hybridized carbons (Fsp3) is 0.500. The predicted octanol–water partition coefficient (Wildman–Crippen LogP) is 2.14. The lowest BCUT2D eigenvalue weighted by molar-refractivity contribution is 0.126. The van der Waals surface area contributed by atoms with E-state index in [9.17, 15) is 5.11 Å². The highest BCUT2D eigenvalue weighted by Gasteiger charge is 2.12. The number of aromatic hydroxyl groups is 1. The van der Waals surface area contributed by atoms with Gasteiger partial charge in [0.15, 0.2) is 0 Å². The number of aliphatic hydroxyl groups is 1. The lowest BCUT2D eigenvalue weighted by atomic mass is 10.2. The van der Waals surface area contributed by atoms with Gasteiger partial charge in [0.2, 0.25) is 0 Å². The molecule has 6 heteroatoms. The van der Waals surface area contributed by atoms with Crippen molar-refractivity contribution in [1.82, 2.24) is 4.90 Å². The first kappa shape index (κ1) is 15.5. The molecular weight excluding hydrogens is 277 g/mol. The number of ether oxygens (including phenoxy) is 1. The van der Waals surface area contributed by atoms with Gasteiger partial charge in [0.25, 0.3) is 0 Å². The van der Waals surface area contributed by atoms with E-state index in [1.165, 1.54) is 6.07 Å². The second-order valence-electron chi connectivity index (χ2n) is 3.89. The Labute approximate surface area is 117 Å². The van der Waals surface area contributed by atoms with Crippen LogP contribution in [0.4, 0.5) is 0 Å². The van der Waals surface area contributed by atoms with Crippen molar-refractivity contribution in [3.63, 3.8) is 0 Å². The van der Waals surface area contributed by atoms with Gasteiger partial charge in [-0.1, -0.05) is 23.2 Å². The molecule has 0 radical (unpaired) electrons. The second-order valence-corrected chi connectivity index (χ2v) is 4.73. The smallest absolute Gasteiger partial charge is 0.138 e. The molecule has 0 aliphatic rings. The van der Waals surface area contributed by atoms with E-state index in [1.54, 1.807) is 13.2 Å². The molecule has 0 amide bonds. The number of benzene rings is 1. The summed E-state index contributed by atoms with van der Waals surface area (Å²) in [5.74, 6) is 0.0291. The van der Waals surface area contributed by atoms with Crippen molar-refractivity contribution in [1.29, 1.82) is 0 Å². The quantitative estimate of drug-likeness (QED) is 0.809. The molecule has 1 rings (SSSR count). The van der Waals surface area contributed by atoms with E-state index in [4.69, 9.17) is 33.0 Å². The highest BCUT2D eigenvalue weighted by Crippen LogP contribution is 2.31. The lowest BCUT2D eigenvalue weighted by Gasteiger charge is -2.21. The average molecular weight is 294 g/mol. The van der Waals surface area contributed by atoms with Gasteiger partial charge in [-0.05, 0) is 12.1 Å². The second kappa shape index (κ2) is 7.81. The molecule has 1 aromatic rings. The molecule has 0 spiro atoms. The number of aliphatic hydroxyl groups excluding tert-OH is 1. The minimum atomic E-state index is 0.0291. The molecule has 0 heterocycles. The Morgan fingerprint density at radius 1 is 1.28 bits per heavy atom. The van der Waals surface area contributed by atoms with Gasteiger partial charge >= 0.3 is 0 Å². The van der Waals surface area contributed by atoms with Crippen LogP contribution in [0.25, 0.3) is 0 Å². The van der Waals surface area contributed by atoms with Crippen LogP contribution in [0, 0.1) is 0 Å². The Morgan fingerprint density at radius 3 is 2.61 bits per heavy atom. The first-order valence-corrected chi connectivity index (χ1v) is 6.33. The van der Waals surface area contributed by atoms with Gasteiger partial charge < -0.3 is 14.9 Å². The number of phenols is 1. The zero-order valence-electron chi connectivity index (χ0n) is 10.2. The summed E-state index contributed by atoms with van der Waals surface area (Å²) in [5.41, 5.74) is 0.636. The molecule has 0 aliphatic carbocycles. The van der Waals surface area contributed by atoms with Crippen LogP contribution in [-0.4, -0.2) is 48.5 Å². The number of methoxy groups -OCH3 is 1. The molecule has 0 fully saturated rings. The first-order valence-electron chi connectivity index (χ1n) is 5.57. The minimum absolute atomic E-state index is 0.0291. The van der Waals surface area contributed by atoms with Gasteiger partial charge in [-0.2, -0.15) is 0 Å². The van der Waals surface area contributed by atoms with Crippen LogP contribution < -0.4 is 0 Å². The maximum atomic E-state index is 9.85. The van der Waals surface area contributed by atoms with E-state index in [1.807, 2.05) is 4.90 Å². The topological polar surface area (TPSA) is 52.9 Å². The number of phenolic OH excluding ortho intramolecular Hbond substituents is 1. The van der Waals surface area contributed by atoms with Gasteiger partial charge in [0.1, 0.15) is 5.75 Å². The highest BCUT2D eigenvalue weighted by molar-refractivity contribution is 6.35. The maximum absolute atomic E-state index is 9.85. The summed E-state index contributed by atoms with van der Waals surface area (Å²) in [6.07, 6.45) is 0. The largest absolute Gasteiger partial charge is 0.506 e. The summed E-state index contributed by atoms with van der Waals surface area (Å²) in [6.45, 7) is 2.19. The van der Waals surface area contributed by atoms with Gasteiger partial charge in [-0.25, -0.2) is 0 Å². The van der Waals surface area contributed by atoms with Crippen molar-refractivity contribution in [2.45, 2.75) is 6.54 Å². The number of hydrogen-bond acceptors (Lipinski definition) is 4. The van der Waals surface area contributed by atoms with Crippen LogP contribution in [0.15, 0.2) is 12.1 Å². The molecule has 0 atom stereocenters. The van der Waals surface area contributed by atoms with Crippen LogP contribution in [0.3, 0.4) is 0 Å². The van der Waals surface area contributed by atoms with E-state index in [2.05, 4.69) is 0 Å². The van der Waals surface area contributed by atoms with Crippen LogP contribution in [0.5, 0.6) is 5.75 Å². The molecule has 0 saturated carbocycles. The summed E-state index contributed by atoms with van der Waals surface area (Å²) in [7, 11) is 1.62. The van der Waals surface area contributed by atoms with Crippen molar-refractivity contribution >= 4 is 23.2 Å².